The maximum atomic E-state index is 13.3. The number of hydrogen-bond acceptors (Lipinski definition) is 6. The summed E-state index contributed by atoms with van der Waals surface area (Å²) in [5.41, 5.74) is -0.225. The number of aromatic nitrogens is 5. The Morgan fingerprint density at radius 1 is 1.43 bits per heavy atom. The van der Waals surface area contributed by atoms with Crippen molar-refractivity contribution in [2.45, 2.75) is 13.5 Å². The predicted octanol–water partition coefficient (Wildman–Crippen LogP) is 0.884. The van der Waals surface area contributed by atoms with Gasteiger partial charge in [-0.2, -0.15) is 0 Å². The molecule has 2 heterocycles. The van der Waals surface area contributed by atoms with Crippen LogP contribution in [-0.2, 0) is 16.1 Å². The van der Waals surface area contributed by atoms with Crippen molar-refractivity contribution >= 4 is 16.9 Å². The Labute approximate surface area is 128 Å². The van der Waals surface area contributed by atoms with Gasteiger partial charge in [-0.3, -0.25) is 9.59 Å². The average molecular weight is 317 g/mol. The summed E-state index contributed by atoms with van der Waals surface area (Å²) >= 11 is 0. The number of hydrogen-bond donors (Lipinski definition) is 1. The molecule has 8 nitrogen and oxygen atoms in total. The van der Waals surface area contributed by atoms with Crippen molar-refractivity contribution in [2.24, 2.45) is 0 Å². The van der Waals surface area contributed by atoms with Crippen LogP contribution >= 0.6 is 0 Å². The quantitative estimate of drug-likeness (QED) is 0.717. The van der Waals surface area contributed by atoms with Crippen LogP contribution in [0.2, 0.25) is 0 Å². The monoisotopic (exact) mass is 317 g/mol. The van der Waals surface area contributed by atoms with Gasteiger partial charge in [0.2, 0.25) is 5.82 Å². The minimum absolute atomic E-state index is 0.0932. The van der Waals surface area contributed by atoms with Gasteiger partial charge in [0.15, 0.2) is 5.82 Å². The van der Waals surface area contributed by atoms with E-state index in [0.29, 0.717) is 0 Å². The molecular weight excluding hydrogens is 305 g/mol. The number of carbonyl (C=O) groups is 1. The number of esters is 1. The normalized spacial score (nSPS) is 10.9. The number of benzene rings is 1. The fraction of sp³-hybridized carbons (Fsp3) is 0.214. The lowest BCUT2D eigenvalue weighted by molar-refractivity contribution is -0.144. The summed E-state index contributed by atoms with van der Waals surface area (Å²) in [6.45, 7) is 1.87. The van der Waals surface area contributed by atoms with E-state index >= 15 is 0 Å². The van der Waals surface area contributed by atoms with Gasteiger partial charge in [0, 0.05) is 6.07 Å². The van der Waals surface area contributed by atoms with Crippen LogP contribution < -0.4 is 5.56 Å². The van der Waals surface area contributed by atoms with Crippen LogP contribution in [-0.4, -0.2) is 37.3 Å². The maximum absolute atomic E-state index is 13.3. The minimum atomic E-state index is -0.498. The smallest absolute Gasteiger partial charge is 0.327 e. The topological polar surface area (TPSA) is 103 Å². The van der Waals surface area contributed by atoms with Crippen LogP contribution in [0.1, 0.15) is 6.92 Å². The molecule has 9 heteroatoms. The van der Waals surface area contributed by atoms with Gasteiger partial charge in [0.05, 0.1) is 17.5 Å². The van der Waals surface area contributed by atoms with E-state index in [-0.39, 0.29) is 35.7 Å². The van der Waals surface area contributed by atoms with E-state index in [2.05, 4.69) is 20.1 Å². The molecule has 0 atom stereocenters. The van der Waals surface area contributed by atoms with Gasteiger partial charge in [0.1, 0.15) is 18.7 Å². The van der Waals surface area contributed by atoms with Gasteiger partial charge in [-0.1, -0.05) is 0 Å². The number of nitrogens with zero attached hydrogens (tertiary/aromatic N) is 4. The molecule has 23 heavy (non-hydrogen) atoms. The van der Waals surface area contributed by atoms with E-state index in [9.17, 15) is 14.0 Å². The Morgan fingerprint density at radius 3 is 3.04 bits per heavy atom. The lowest BCUT2D eigenvalue weighted by Crippen LogP contribution is -2.14. The first-order valence-corrected chi connectivity index (χ1v) is 6.82. The highest BCUT2D eigenvalue weighted by molar-refractivity contribution is 5.78. The van der Waals surface area contributed by atoms with Crippen LogP contribution in [0.25, 0.3) is 22.6 Å². The highest BCUT2D eigenvalue weighted by Gasteiger charge is 2.12. The number of rotatable bonds is 4. The first kappa shape index (κ1) is 14.8. The third-order valence-electron chi connectivity index (χ3n) is 3.01. The molecule has 1 aromatic carbocycles. The molecule has 0 spiro atoms. The van der Waals surface area contributed by atoms with Crippen LogP contribution in [0, 0.1) is 5.82 Å². The number of nitrogens with one attached hydrogen (secondary N) is 1. The third kappa shape index (κ3) is 3.07. The second-order valence-corrected chi connectivity index (χ2v) is 4.65. The van der Waals surface area contributed by atoms with Gasteiger partial charge >= 0.3 is 5.97 Å². The van der Waals surface area contributed by atoms with E-state index in [1.165, 1.54) is 23.1 Å². The number of halogens is 1. The van der Waals surface area contributed by atoms with Crippen molar-refractivity contribution in [1.29, 1.82) is 0 Å². The summed E-state index contributed by atoms with van der Waals surface area (Å²) in [6.07, 6.45) is 1.32. The zero-order valence-corrected chi connectivity index (χ0v) is 12.1. The summed E-state index contributed by atoms with van der Waals surface area (Å²) < 4.78 is 19.4. The highest BCUT2D eigenvalue weighted by atomic mass is 19.1. The van der Waals surface area contributed by atoms with Gasteiger partial charge in [0.25, 0.3) is 5.56 Å². The Balaban J connectivity index is 1.96. The van der Waals surface area contributed by atoms with E-state index < -0.39 is 17.3 Å². The molecule has 1 N–H and O–H groups in total. The maximum Gasteiger partial charge on any atom is 0.327 e. The van der Waals surface area contributed by atoms with Crippen LogP contribution in [0.4, 0.5) is 4.39 Å². The van der Waals surface area contributed by atoms with Crippen LogP contribution in [0.15, 0.2) is 29.3 Å². The second-order valence-electron chi connectivity index (χ2n) is 4.65. The zero-order valence-electron chi connectivity index (χ0n) is 12.1. The van der Waals surface area contributed by atoms with Crippen molar-refractivity contribution in [1.82, 2.24) is 24.7 Å². The summed E-state index contributed by atoms with van der Waals surface area (Å²) in [5.74, 6) is -0.735. The zero-order chi connectivity index (χ0) is 16.4. The molecule has 0 saturated carbocycles. The fourth-order valence-corrected chi connectivity index (χ4v) is 2.04. The second kappa shape index (κ2) is 5.95. The minimum Gasteiger partial charge on any atom is -0.465 e. The van der Waals surface area contributed by atoms with E-state index in [4.69, 9.17) is 4.74 Å². The molecule has 0 radical (unpaired) electrons. The number of ether oxygens (including phenoxy) is 1. The molecule has 0 amide bonds. The van der Waals surface area contributed by atoms with E-state index in [1.807, 2.05) is 0 Å². The van der Waals surface area contributed by atoms with Gasteiger partial charge in [-0.05, 0) is 19.1 Å². The molecule has 0 aliphatic heterocycles. The molecule has 3 aromatic rings. The van der Waals surface area contributed by atoms with Crippen molar-refractivity contribution in [3.63, 3.8) is 0 Å². The fourth-order valence-electron chi connectivity index (χ4n) is 2.04. The molecule has 0 saturated heterocycles. The Hall–Kier alpha value is -3.10. The first-order chi connectivity index (χ1) is 11.1. The third-order valence-corrected chi connectivity index (χ3v) is 3.01. The SMILES string of the molecule is CCOC(=O)Cn1cnc(-c2nc3cc(F)ccc3c(=O)[nH]2)n1. The van der Waals surface area contributed by atoms with Gasteiger partial charge in [-0.25, -0.2) is 19.0 Å². The van der Waals surface area contributed by atoms with E-state index in [0.717, 1.165) is 6.07 Å². The molecule has 0 bridgehead atoms. The molecule has 0 aliphatic carbocycles. The summed E-state index contributed by atoms with van der Waals surface area (Å²) in [6, 6.07) is 3.70. The molecule has 0 aliphatic rings. The summed E-state index contributed by atoms with van der Waals surface area (Å²) in [7, 11) is 0. The van der Waals surface area contributed by atoms with Crippen LogP contribution in [0.3, 0.4) is 0 Å². The summed E-state index contributed by atoms with van der Waals surface area (Å²) in [5, 5.41) is 4.32. The number of carbonyl (C=O) groups excluding carboxylic acids is 1. The van der Waals surface area contributed by atoms with Crippen molar-refractivity contribution in [3.05, 3.63) is 40.7 Å². The Bertz CT molecular complexity index is 934. The molecule has 0 unspecified atom stereocenters. The van der Waals surface area contributed by atoms with Crippen molar-refractivity contribution < 1.29 is 13.9 Å². The predicted molar refractivity (Wildman–Crippen MR) is 78.0 cm³/mol. The largest absolute Gasteiger partial charge is 0.465 e. The summed E-state index contributed by atoms with van der Waals surface area (Å²) in [4.78, 5) is 34.1. The molecule has 0 fully saturated rings. The molecular formula is C14H12FN5O3. The lowest BCUT2D eigenvalue weighted by Gasteiger charge is -2.01. The van der Waals surface area contributed by atoms with Gasteiger partial charge in [-0.15, -0.1) is 5.10 Å². The number of H-pyrrole nitrogens is 1. The van der Waals surface area contributed by atoms with Gasteiger partial charge < -0.3 is 9.72 Å². The Kier molecular flexibility index (Phi) is 3.83. The molecule has 3 rings (SSSR count). The van der Waals surface area contributed by atoms with Crippen molar-refractivity contribution in [3.8, 4) is 11.6 Å². The average Bonchev–Trinajstić information content (AvgIpc) is 2.95. The number of aromatic amines is 1. The molecule has 118 valence electrons. The standard InChI is InChI=1S/C14H12FN5O3/c1-2-23-11(21)6-20-7-16-12(19-20)13-17-10-5-8(15)3-4-9(10)14(22)18-13/h3-5,7H,2,6H2,1H3,(H,17,18,22). The molecule has 2 aromatic heterocycles. The first-order valence-electron chi connectivity index (χ1n) is 6.82. The van der Waals surface area contributed by atoms with Crippen molar-refractivity contribution in [2.75, 3.05) is 6.61 Å². The lowest BCUT2D eigenvalue weighted by atomic mass is 10.2. The Morgan fingerprint density at radius 2 is 2.26 bits per heavy atom. The highest BCUT2D eigenvalue weighted by Crippen LogP contribution is 2.13. The van der Waals surface area contributed by atoms with Crippen LogP contribution in [0.5, 0.6) is 0 Å². The number of fused-ring (bicyclic) bond motifs is 1. The van der Waals surface area contributed by atoms with E-state index in [1.54, 1.807) is 6.92 Å².